The molecule has 0 saturated heterocycles. The number of carbonyl (C=O) groups excluding carboxylic acids is 1. The van der Waals surface area contributed by atoms with Gasteiger partial charge in [-0.3, -0.25) is 0 Å². The number of imidazole rings is 1. The van der Waals surface area contributed by atoms with Crippen molar-refractivity contribution < 1.29 is 9.53 Å². The number of hydrogen-bond acceptors (Lipinski definition) is 3. The van der Waals surface area contributed by atoms with Crippen molar-refractivity contribution in [1.82, 2.24) is 14.5 Å². The molecule has 0 aliphatic heterocycles. The quantitative estimate of drug-likeness (QED) is 0.739. The van der Waals surface area contributed by atoms with E-state index in [0.717, 1.165) is 16.7 Å². The fourth-order valence-corrected chi connectivity index (χ4v) is 2.06. The van der Waals surface area contributed by atoms with Crippen LogP contribution in [0.1, 0.15) is 34.1 Å². The molecule has 0 fully saturated rings. The number of ether oxygens (including phenoxy) is 1. The summed E-state index contributed by atoms with van der Waals surface area (Å²) in [5, 5.41) is 0. The van der Waals surface area contributed by atoms with Crippen molar-refractivity contribution in [2.75, 3.05) is 13.1 Å². The summed E-state index contributed by atoms with van der Waals surface area (Å²) < 4.78 is 8.34. The fraction of sp³-hybridized carbons (Fsp3) is 0.692. The number of aromatic nitrogens is 2. The summed E-state index contributed by atoms with van der Waals surface area (Å²) in [6, 6.07) is 0. The van der Waals surface area contributed by atoms with E-state index >= 15 is 0 Å². The van der Waals surface area contributed by atoms with Crippen molar-refractivity contribution in [3.8, 4) is 0 Å². The minimum Gasteiger partial charge on any atom is -0.444 e. The minimum absolute atomic E-state index is 0.246. The van der Waals surface area contributed by atoms with E-state index in [0.29, 0.717) is 13.1 Å². The number of hydrogen-bond donors (Lipinski definition) is 0. The molecule has 1 rings (SSSR count). The summed E-state index contributed by atoms with van der Waals surface area (Å²) in [5.74, 6) is 0. The molecule has 0 atom stereocenters. The second-order valence-corrected chi connectivity index (χ2v) is 6.51. The number of nitrogens with zero attached hydrogens (tertiary/aromatic N) is 3. The third kappa shape index (κ3) is 6.26. The maximum absolute atomic E-state index is 12.1. The largest absolute Gasteiger partial charge is 0.444 e. The zero-order valence-corrected chi connectivity index (χ0v) is 14.2. The van der Waals surface area contributed by atoms with Crippen LogP contribution in [-0.4, -0.2) is 39.2 Å². The van der Waals surface area contributed by atoms with Gasteiger partial charge in [0.1, 0.15) is 9.30 Å². The summed E-state index contributed by atoms with van der Waals surface area (Å²) in [6.07, 6.45) is 4.41. The summed E-state index contributed by atoms with van der Waals surface area (Å²) in [6.45, 7) is 9.77. The van der Waals surface area contributed by atoms with Crippen LogP contribution in [0.2, 0.25) is 0 Å². The summed E-state index contributed by atoms with van der Waals surface area (Å²) >= 11 is 2.17. The first kappa shape index (κ1) is 16.3. The lowest BCUT2D eigenvalue weighted by atomic mass is 10.2. The second-order valence-electron chi connectivity index (χ2n) is 5.40. The van der Waals surface area contributed by atoms with Gasteiger partial charge < -0.3 is 14.2 Å². The van der Waals surface area contributed by atoms with Crippen molar-refractivity contribution in [1.29, 1.82) is 0 Å². The van der Waals surface area contributed by atoms with E-state index in [4.69, 9.17) is 4.74 Å². The molecule has 0 spiro atoms. The average Bonchev–Trinajstić information content (AvgIpc) is 2.67. The van der Waals surface area contributed by atoms with E-state index in [1.54, 1.807) is 11.2 Å². The Bertz CT molecular complexity index is 412. The Hall–Kier alpha value is -0.790. The molecule has 0 aliphatic rings. The highest BCUT2D eigenvalue weighted by atomic mass is 127. The molecule has 0 aromatic carbocycles. The molecule has 0 bridgehead atoms. The molecule has 0 N–H and O–H groups in total. The van der Waals surface area contributed by atoms with E-state index in [2.05, 4.69) is 34.5 Å². The summed E-state index contributed by atoms with van der Waals surface area (Å²) in [5.41, 5.74) is -0.451. The Morgan fingerprint density at radius 3 is 2.63 bits per heavy atom. The highest BCUT2D eigenvalue weighted by molar-refractivity contribution is 14.1. The Labute approximate surface area is 128 Å². The molecule has 6 heteroatoms. The molecular formula is C13H22IN3O2. The van der Waals surface area contributed by atoms with Gasteiger partial charge in [0.25, 0.3) is 0 Å². The van der Waals surface area contributed by atoms with Gasteiger partial charge in [-0.05, 0) is 49.8 Å². The molecule has 0 saturated carbocycles. The Morgan fingerprint density at radius 2 is 2.16 bits per heavy atom. The van der Waals surface area contributed by atoms with Crippen LogP contribution in [0, 0.1) is 3.70 Å². The van der Waals surface area contributed by atoms with Crippen molar-refractivity contribution in [3.05, 3.63) is 16.2 Å². The summed E-state index contributed by atoms with van der Waals surface area (Å²) in [4.78, 5) is 18.0. The molecule has 5 nitrogen and oxygen atoms in total. The normalized spacial score (nSPS) is 11.4. The van der Waals surface area contributed by atoms with E-state index in [-0.39, 0.29) is 6.09 Å². The maximum atomic E-state index is 12.1. The Morgan fingerprint density at radius 1 is 1.47 bits per heavy atom. The molecule has 0 unspecified atom stereocenters. The first-order chi connectivity index (χ1) is 8.81. The van der Waals surface area contributed by atoms with Crippen LogP contribution in [0.25, 0.3) is 0 Å². The monoisotopic (exact) mass is 379 g/mol. The molecule has 108 valence electrons. The lowest BCUT2D eigenvalue weighted by Gasteiger charge is -2.27. The van der Waals surface area contributed by atoms with Crippen LogP contribution >= 0.6 is 22.6 Å². The zero-order valence-electron chi connectivity index (χ0n) is 12.0. The van der Waals surface area contributed by atoms with E-state index in [1.165, 1.54) is 0 Å². The predicted octanol–water partition coefficient (Wildman–Crippen LogP) is 3.13. The minimum atomic E-state index is -0.451. The van der Waals surface area contributed by atoms with E-state index in [9.17, 15) is 4.79 Å². The first-order valence-corrected chi connectivity index (χ1v) is 7.55. The standard InChI is InChI=1S/C13H22IN3O2/c1-5-6-17(12(18)19-13(2,3)4)8-7-16-9-11(14)15-10-16/h9-10H,5-8H2,1-4H3. The van der Waals surface area contributed by atoms with Crippen LogP contribution in [0.3, 0.4) is 0 Å². The van der Waals surface area contributed by atoms with Gasteiger partial charge in [-0.15, -0.1) is 0 Å². The molecule has 0 aliphatic carbocycles. The van der Waals surface area contributed by atoms with E-state index < -0.39 is 5.60 Å². The SMILES string of the molecule is CCCN(CCn1cnc(I)c1)C(=O)OC(C)(C)C. The van der Waals surface area contributed by atoms with Crippen LogP contribution in [0.4, 0.5) is 4.79 Å². The fourth-order valence-electron chi connectivity index (χ4n) is 1.58. The van der Waals surface area contributed by atoms with Gasteiger partial charge >= 0.3 is 6.09 Å². The summed E-state index contributed by atoms with van der Waals surface area (Å²) in [7, 11) is 0. The van der Waals surface area contributed by atoms with Crippen LogP contribution in [0.15, 0.2) is 12.5 Å². The third-order valence-corrected chi connectivity index (χ3v) is 2.93. The molecule has 1 amide bonds. The predicted molar refractivity (Wildman–Crippen MR) is 83.0 cm³/mol. The molecule has 1 heterocycles. The highest BCUT2D eigenvalue weighted by Crippen LogP contribution is 2.10. The van der Waals surface area contributed by atoms with Crippen LogP contribution < -0.4 is 0 Å². The molecule has 0 radical (unpaired) electrons. The molecule has 19 heavy (non-hydrogen) atoms. The lowest BCUT2D eigenvalue weighted by Crippen LogP contribution is -2.39. The van der Waals surface area contributed by atoms with E-state index in [1.807, 2.05) is 31.5 Å². The molecule has 1 aromatic rings. The van der Waals surface area contributed by atoms with Crippen LogP contribution in [-0.2, 0) is 11.3 Å². The van der Waals surface area contributed by atoms with Gasteiger partial charge in [0.05, 0.1) is 6.33 Å². The number of rotatable bonds is 5. The average molecular weight is 379 g/mol. The van der Waals surface area contributed by atoms with Crippen molar-refractivity contribution >= 4 is 28.7 Å². The number of carbonyl (C=O) groups is 1. The topological polar surface area (TPSA) is 47.4 Å². The molecule has 1 aromatic heterocycles. The third-order valence-electron chi connectivity index (χ3n) is 2.38. The maximum Gasteiger partial charge on any atom is 0.410 e. The van der Waals surface area contributed by atoms with Crippen LogP contribution in [0.5, 0.6) is 0 Å². The van der Waals surface area contributed by atoms with Gasteiger partial charge in [0.15, 0.2) is 0 Å². The Balaban J connectivity index is 2.54. The zero-order chi connectivity index (χ0) is 14.5. The van der Waals surface area contributed by atoms with Gasteiger partial charge in [0.2, 0.25) is 0 Å². The number of amides is 1. The van der Waals surface area contributed by atoms with Gasteiger partial charge in [-0.25, -0.2) is 9.78 Å². The van der Waals surface area contributed by atoms with Crippen molar-refractivity contribution in [2.45, 2.75) is 46.3 Å². The van der Waals surface area contributed by atoms with Crippen molar-refractivity contribution in [3.63, 3.8) is 0 Å². The number of halogens is 1. The second kappa shape index (κ2) is 7.12. The van der Waals surface area contributed by atoms with Gasteiger partial charge in [0, 0.05) is 25.8 Å². The molecular weight excluding hydrogens is 357 g/mol. The first-order valence-electron chi connectivity index (χ1n) is 6.47. The van der Waals surface area contributed by atoms with Gasteiger partial charge in [-0.2, -0.15) is 0 Å². The smallest absolute Gasteiger partial charge is 0.410 e. The van der Waals surface area contributed by atoms with Gasteiger partial charge in [-0.1, -0.05) is 6.92 Å². The lowest BCUT2D eigenvalue weighted by molar-refractivity contribution is 0.0244. The Kier molecular flexibility index (Phi) is 6.09. The van der Waals surface area contributed by atoms with Crippen molar-refractivity contribution in [2.24, 2.45) is 0 Å². The highest BCUT2D eigenvalue weighted by Gasteiger charge is 2.21.